The van der Waals surface area contributed by atoms with E-state index >= 15 is 0 Å². The maximum Gasteiger partial charge on any atom is 0.312 e. The third kappa shape index (κ3) is 3.87. The van der Waals surface area contributed by atoms with Gasteiger partial charge in [0.25, 0.3) is 5.91 Å². The number of likely N-dealkylation sites (tertiary alicyclic amines) is 1. The van der Waals surface area contributed by atoms with E-state index in [1.165, 1.54) is 0 Å². The van der Waals surface area contributed by atoms with Crippen LogP contribution in [0.15, 0.2) is 36.4 Å². The number of hydrogen-bond acceptors (Lipinski definition) is 4. The molecule has 2 saturated heterocycles. The summed E-state index contributed by atoms with van der Waals surface area (Å²) in [5, 5.41) is 4.47. The number of piperazine rings is 1. The zero-order valence-electron chi connectivity index (χ0n) is 16.6. The van der Waals surface area contributed by atoms with Gasteiger partial charge in [0.05, 0.1) is 5.69 Å². The molecule has 3 heterocycles. The van der Waals surface area contributed by atoms with Crippen LogP contribution < -0.4 is 0 Å². The third-order valence-corrected chi connectivity index (χ3v) is 5.54. The van der Waals surface area contributed by atoms with E-state index in [9.17, 15) is 14.4 Å². The fourth-order valence-corrected chi connectivity index (χ4v) is 3.87. The highest BCUT2D eigenvalue weighted by molar-refractivity contribution is 6.35. The fraction of sp³-hybridized carbons (Fsp3) is 0.429. The van der Waals surface area contributed by atoms with Gasteiger partial charge in [-0.3, -0.25) is 14.4 Å². The Balaban J connectivity index is 1.38. The molecule has 2 aliphatic rings. The smallest absolute Gasteiger partial charge is 0.312 e. The van der Waals surface area contributed by atoms with Crippen LogP contribution in [-0.2, 0) is 9.59 Å². The minimum atomic E-state index is -0.455. The van der Waals surface area contributed by atoms with Gasteiger partial charge in [-0.1, -0.05) is 18.2 Å². The first-order valence-electron chi connectivity index (χ1n) is 10.0. The highest BCUT2D eigenvalue weighted by Gasteiger charge is 2.32. The van der Waals surface area contributed by atoms with Gasteiger partial charge in [-0.05, 0) is 38.0 Å². The van der Waals surface area contributed by atoms with Crippen LogP contribution in [0.5, 0.6) is 0 Å². The van der Waals surface area contributed by atoms with Crippen molar-refractivity contribution in [2.45, 2.75) is 19.8 Å². The van der Waals surface area contributed by atoms with E-state index in [2.05, 4.69) is 5.10 Å². The second kappa shape index (κ2) is 8.06. The zero-order valence-corrected chi connectivity index (χ0v) is 16.6. The Bertz CT molecular complexity index is 910. The minimum absolute atomic E-state index is 0.152. The first-order chi connectivity index (χ1) is 14.0. The highest BCUT2D eigenvalue weighted by Crippen LogP contribution is 2.15. The number of hydrogen-bond donors (Lipinski definition) is 0. The van der Waals surface area contributed by atoms with Gasteiger partial charge >= 0.3 is 11.8 Å². The van der Waals surface area contributed by atoms with Gasteiger partial charge in [0.15, 0.2) is 5.69 Å². The van der Waals surface area contributed by atoms with Crippen LogP contribution in [0.1, 0.15) is 29.0 Å². The summed E-state index contributed by atoms with van der Waals surface area (Å²) in [6, 6.07) is 11.5. The van der Waals surface area contributed by atoms with E-state index in [4.69, 9.17) is 0 Å². The predicted molar refractivity (Wildman–Crippen MR) is 107 cm³/mol. The van der Waals surface area contributed by atoms with Crippen LogP contribution in [0.4, 0.5) is 0 Å². The van der Waals surface area contributed by atoms with Gasteiger partial charge in [0.2, 0.25) is 0 Å². The number of amides is 3. The quantitative estimate of drug-likeness (QED) is 0.713. The molecule has 29 heavy (non-hydrogen) atoms. The third-order valence-electron chi connectivity index (χ3n) is 5.54. The van der Waals surface area contributed by atoms with Crippen molar-refractivity contribution in [2.75, 3.05) is 39.3 Å². The van der Waals surface area contributed by atoms with Gasteiger partial charge in [0, 0.05) is 45.0 Å². The topological polar surface area (TPSA) is 78.8 Å². The molecule has 1 aromatic heterocycles. The number of aryl methyl sites for hydroxylation is 1. The maximum atomic E-state index is 12.9. The Hall–Kier alpha value is -3.16. The molecule has 8 heteroatoms. The molecule has 0 bridgehead atoms. The molecule has 0 aliphatic carbocycles. The molecule has 0 saturated carbocycles. The molecule has 0 radical (unpaired) electrons. The van der Waals surface area contributed by atoms with Crippen molar-refractivity contribution in [1.82, 2.24) is 24.5 Å². The molecule has 4 rings (SSSR count). The Morgan fingerprint density at radius 2 is 1.34 bits per heavy atom. The molecule has 0 unspecified atom stereocenters. The molecule has 0 atom stereocenters. The van der Waals surface area contributed by atoms with Crippen molar-refractivity contribution >= 4 is 17.7 Å². The van der Waals surface area contributed by atoms with Gasteiger partial charge in [-0.15, -0.1) is 0 Å². The average Bonchev–Trinajstić information content (AvgIpc) is 3.43. The molecule has 2 aliphatic heterocycles. The van der Waals surface area contributed by atoms with E-state index in [-0.39, 0.29) is 5.91 Å². The number of rotatable bonds is 2. The van der Waals surface area contributed by atoms with E-state index < -0.39 is 11.8 Å². The van der Waals surface area contributed by atoms with Crippen LogP contribution in [0, 0.1) is 6.92 Å². The zero-order chi connectivity index (χ0) is 20.4. The molecule has 0 N–H and O–H groups in total. The summed E-state index contributed by atoms with van der Waals surface area (Å²) in [6.07, 6.45) is 1.91. The summed E-state index contributed by atoms with van der Waals surface area (Å²) in [6.45, 7) is 4.76. The fourth-order valence-electron chi connectivity index (χ4n) is 3.87. The lowest BCUT2D eigenvalue weighted by atomic mass is 10.2. The number of para-hydroxylation sites is 1. The molecule has 152 valence electrons. The second-order valence-electron chi connectivity index (χ2n) is 7.50. The summed E-state index contributed by atoms with van der Waals surface area (Å²) >= 11 is 0. The Morgan fingerprint density at radius 1 is 0.793 bits per heavy atom. The van der Waals surface area contributed by atoms with Gasteiger partial charge < -0.3 is 14.7 Å². The number of aromatic nitrogens is 2. The lowest BCUT2D eigenvalue weighted by molar-refractivity contribution is -0.152. The van der Waals surface area contributed by atoms with Crippen molar-refractivity contribution < 1.29 is 14.4 Å². The van der Waals surface area contributed by atoms with E-state index in [1.54, 1.807) is 25.4 Å². The van der Waals surface area contributed by atoms with Crippen LogP contribution in [0.2, 0.25) is 0 Å². The number of nitrogens with zero attached hydrogens (tertiary/aromatic N) is 5. The lowest BCUT2D eigenvalue weighted by Gasteiger charge is -2.34. The summed E-state index contributed by atoms with van der Waals surface area (Å²) in [5.74, 6) is -1.02. The predicted octanol–water partition coefficient (Wildman–Crippen LogP) is 1.09. The Morgan fingerprint density at radius 3 is 1.97 bits per heavy atom. The molecular formula is C21H25N5O3. The molecule has 2 fully saturated rings. The van der Waals surface area contributed by atoms with E-state index in [0.717, 1.165) is 24.2 Å². The minimum Gasteiger partial charge on any atom is -0.334 e. The van der Waals surface area contributed by atoms with E-state index in [1.807, 2.05) is 37.3 Å². The lowest BCUT2D eigenvalue weighted by Crippen LogP contribution is -2.54. The van der Waals surface area contributed by atoms with Gasteiger partial charge in [-0.2, -0.15) is 5.10 Å². The number of carbonyl (C=O) groups excluding carboxylic acids is 3. The standard InChI is InChI=1S/C21H25N5O3/c1-16-15-18(22-26(16)17-7-3-2-4-8-17)19(27)24-11-13-25(14-12-24)21(29)20(28)23-9-5-6-10-23/h2-4,7-8,15H,5-6,9-14H2,1H3. The molecule has 2 aromatic rings. The molecule has 0 spiro atoms. The van der Waals surface area contributed by atoms with Crippen LogP contribution in [0.25, 0.3) is 5.69 Å². The normalized spacial score (nSPS) is 16.9. The van der Waals surface area contributed by atoms with Crippen molar-refractivity contribution in [2.24, 2.45) is 0 Å². The SMILES string of the molecule is Cc1cc(C(=O)N2CCN(C(=O)C(=O)N3CCCC3)CC2)nn1-c1ccccc1. The summed E-state index contributed by atoms with van der Waals surface area (Å²) in [7, 11) is 0. The highest BCUT2D eigenvalue weighted by atomic mass is 16.2. The number of carbonyl (C=O) groups is 3. The van der Waals surface area contributed by atoms with E-state index in [0.29, 0.717) is 45.0 Å². The Labute approximate surface area is 169 Å². The molecular weight excluding hydrogens is 370 g/mol. The van der Waals surface area contributed by atoms with Crippen molar-refractivity contribution in [3.8, 4) is 5.69 Å². The summed E-state index contributed by atoms with van der Waals surface area (Å²) in [5.41, 5.74) is 2.17. The molecule has 8 nitrogen and oxygen atoms in total. The van der Waals surface area contributed by atoms with Gasteiger partial charge in [0.1, 0.15) is 0 Å². The summed E-state index contributed by atoms with van der Waals surface area (Å²) < 4.78 is 1.75. The monoisotopic (exact) mass is 395 g/mol. The van der Waals surface area contributed by atoms with Crippen LogP contribution in [0.3, 0.4) is 0 Å². The second-order valence-corrected chi connectivity index (χ2v) is 7.50. The first-order valence-corrected chi connectivity index (χ1v) is 10.0. The van der Waals surface area contributed by atoms with Crippen molar-refractivity contribution in [1.29, 1.82) is 0 Å². The van der Waals surface area contributed by atoms with Gasteiger partial charge in [-0.25, -0.2) is 4.68 Å². The number of benzene rings is 1. The van der Waals surface area contributed by atoms with Crippen LogP contribution >= 0.6 is 0 Å². The maximum absolute atomic E-state index is 12.9. The summed E-state index contributed by atoms with van der Waals surface area (Å²) in [4.78, 5) is 42.5. The van der Waals surface area contributed by atoms with Crippen molar-refractivity contribution in [3.63, 3.8) is 0 Å². The Kier molecular flexibility index (Phi) is 5.33. The van der Waals surface area contributed by atoms with Crippen molar-refractivity contribution in [3.05, 3.63) is 47.8 Å². The average molecular weight is 395 g/mol. The first kappa shape index (κ1) is 19.2. The molecule has 3 amide bonds. The van der Waals surface area contributed by atoms with Crippen LogP contribution in [-0.4, -0.2) is 81.5 Å². The molecule has 1 aromatic carbocycles. The largest absolute Gasteiger partial charge is 0.334 e.